The third kappa shape index (κ3) is 2.60. The first kappa shape index (κ1) is 11.6. The van der Waals surface area contributed by atoms with Crippen molar-refractivity contribution in [1.29, 1.82) is 0 Å². The molecule has 0 amide bonds. The van der Waals surface area contributed by atoms with Gasteiger partial charge in [0, 0.05) is 24.0 Å². The number of carbonyl (C=O) groups excluding carboxylic acids is 1. The number of hydrogen-bond acceptors (Lipinski definition) is 2. The van der Waals surface area contributed by atoms with Crippen LogP contribution in [-0.4, -0.2) is 19.0 Å². The molecule has 86 valence electrons. The lowest BCUT2D eigenvalue weighted by Crippen LogP contribution is -2.17. The van der Waals surface area contributed by atoms with Gasteiger partial charge in [-0.25, -0.2) is 4.39 Å². The summed E-state index contributed by atoms with van der Waals surface area (Å²) in [5, 5.41) is 0.451. The predicted molar refractivity (Wildman–Crippen MR) is 59.0 cm³/mol. The highest BCUT2D eigenvalue weighted by molar-refractivity contribution is 6.30. The topological polar surface area (TPSA) is 26.3 Å². The van der Waals surface area contributed by atoms with E-state index in [2.05, 4.69) is 0 Å². The van der Waals surface area contributed by atoms with Crippen LogP contribution in [0, 0.1) is 11.7 Å². The molecule has 0 aromatic heterocycles. The molecule has 1 aromatic carbocycles. The van der Waals surface area contributed by atoms with E-state index in [1.165, 1.54) is 18.2 Å². The van der Waals surface area contributed by atoms with Crippen molar-refractivity contribution in [3.05, 3.63) is 34.6 Å². The van der Waals surface area contributed by atoms with Crippen LogP contribution >= 0.6 is 11.6 Å². The van der Waals surface area contributed by atoms with E-state index in [0.717, 1.165) is 6.42 Å². The van der Waals surface area contributed by atoms with Crippen LogP contribution in [0.4, 0.5) is 4.39 Å². The highest BCUT2D eigenvalue weighted by Gasteiger charge is 2.24. The summed E-state index contributed by atoms with van der Waals surface area (Å²) < 4.78 is 18.5. The summed E-state index contributed by atoms with van der Waals surface area (Å²) in [5.74, 6) is -0.436. The van der Waals surface area contributed by atoms with Gasteiger partial charge in [-0.05, 0) is 30.2 Å². The van der Waals surface area contributed by atoms with Crippen molar-refractivity contribution < 1.29 is 13.9 Å². The molecular formula is C12H12ClFO2. The summed E-state index contributed by atoms with van der Waals surface area (Å²) in [7, 11) is 0. The van der Waals surface area contributed by atoms with E-state index >= 15 is 0 Å². The van der Waals surface area contributed by atoms with E-state index in [1.54, 1.807) is 0 Å². The van der Waals surface area contributed by atoms with Gasteiger partial charge in [-0.15, -0.1) is 0 Å². The third-order valence-corrected chi connectivity index (χ3v) is 2.99. The largest absolute Gasteiger partial charge is 0.381 e. The smallest absolute Gasteiger partial charge is 0.142 e. The summed E-state index contributed by atoms with van der Waals surface area (Å²) in [6, 6.07) is 4.27. The molecule has 0 aliphatic carbocycles. The van der Waals surface area contributed by atoms with Crippen LogP contribution in [0.1, 0.15) is 12.0 Å². The van der Waals surface area contributed by atoms with Crippen molar-refractivity contribution in [2.45, 2.75) is 12.8 Å². The summed E-state index contributed by atoms with van der Waals surface area (Å²) in [4.78, 5) is 11.8. The quantitative estimate of drug-likeness (QED) is 0.815. The molecule has 16 heavy (non-hydrogen) atoms. The fraction of sp³-hybridized carbons (Fsp3) is 0.417. The van der Waals surface area contributed by atoms with E-state index < -0.39 is 0 Å². The van der Waals surface area contributed by atoms with Crippen LogP contribution in [0.25, 0.3) is 0 Å². The van der Waals surface area contributed by atoms with Crippen molar-refractivity contribution in [1.82, 2.24) is 0 Å². The van der Waals surface area contributed by atoms with E-state index in [-0.39, 0.29) is 23.9 Å². The van der Waals surface area contributed by atoms with Crippen molar-refractivity contribution in [2.24, 2.45) is 5.92 Å². The van der Waals surface area contributed by atoms with Gasteiger partial charge in [0.2, 0.25) is 0 Å². The minimum absolute atomic E-state index is 0.0265. The average Bonchev–Trinajstić information content (AvgIpc) is 2.76. The average molecular weight is 243 g/mol. The first-order valence-corrected chi connectivity index (χ1v) is 5.59. The van der Waals surface area contributed by atoms with Crippen molar-refractivity contribution in [3.63, 3.8) is 0 Å². The summed E-state index contributed by atoms with van der Waals surface area (Å²) >= 11 is 5.76. The van der Waals surface area contributed by atoms with Gasteiger partial charge < -0.3 is 4.74 Å². The zero-order valence-electron chi connectivity index (χ0n) is 8.71. The second kappa shape index (κ2) is 4.93. The molecule has 0 bridgehead atoms. The molecule has 1 fully saturated rings. The lowest BCUT2D eigenvalue weighted by Gasteiger charge is -2.07. The molecule has 4 heteroatoms. The standard InChI is InChI=1S/C12H12ClFO2/c13-10-1-2-11(14)9(5-10)6-12(15)8-3-4-16-7-8/h1-2,5,8H,3-4,6-7H2. The minimum atomic E-state index is -0.378. The molecule has 0 saturated carbocycles. The molecule has 1 aromatic rings. The number of rotatable bonds is 3. The summed E-state index contributed by atoms with van der Waals surface area (Å²) in [6.07, 6.45) is 0.835. The zero-order chi connectivity index (χ0) is 11.5. The van der Waals surface area contributed by atoms with Gasteiger partial charge >= 0.3 is 0 Å². The monoisotopic (exact) mass is 242 g/mol. The SMILES string of the molecule is O=C(Cc1cc(Cl)ccc1F)C1CCOC1. The molecule has 2 rings (SSSR count). The highest BCUT2D eigenvalue weighted by Crippen LogP contribution is 2.20. The first-order chi connectivity index (χ1) is 7.66. The lowest BCUT2D eigenvalue weighted by molar-refractivity contribution is -0.122. The molecule has 1 saturated heterocycles. The maximum absolute atomic E-state index is 13.4. The molecule has 0 radical (unpaired) electrons. The van der Waals surface area contributed by atoms with Gasteiger partial charge in [0.15, 0.2) is 0 Å². The van der Waals surface area contributed by atoms with Crippen LogP contribution in [0.5, 0.6) is 0 Å². The second-order valence-corrected chi connectivity index (χ2v) is 4.38. The Hall–Kier alpha value is -0.930. The molecule has 1 unspecified atom stereocenters. The fourth-order valence-electron chi connectivity index (χ4n) is 1.80. The summed E-state index contributed by atoms with van der Waals surface area (Å²) in [5.41, 5.74) is 0.365. The van der Waals surface area contributed by atoms with Crippen LogP contribution in [0.3, 0.4) is 0 Å². The van der Waals surface area contributed by atoms with Gasteiger partial charge in [0.25, 0.3) is 0 Å². The van der Waals surface area contributed by atoms with Crippen molar-refractivity contribution in [2.75, 3.05) is 13.2 Å². The van der Waals surface area contributed by atoms with Gasteiger partial charge in [-0.3, -0.25) is 4.79 Å². The molecule has 1 aliphatic rings. The molecular weight excluding hydrogens is 231 g/mol. The van der Waals surface area contributed by atoms with E-state index in [0.29, 0.717) is 23.8 Å². The van der Waals surface area contributed by atoms with Gasteiger partial charge in [0.1, 0.15) is 11.6 Å². The molecule has 1 atom stereocenters. The van der Waals surface area contributed by atoms with Crippen molar-refractivity contribution in [3.8, 4) is 0 Å². The number of hydrogen-bond donors (Lipinski definition) is 0. The zero-order valence-corrected chi connectivity index (χ0v) is 9.47. The number of Topliss-reactive ketones (excluding diaryl/α,β-unsaturated/α-hetero) is 1. The van der Waals surface area contributed by atoms with E-state index in [1.807, 2.05) is 0 Å². The van der Waals surface area contributed by atoms with E-state index in [4.69, 9.17) is 16.3 Å². The maximum Gasteiger partial charge on any atom is 0.142 e. The Morgan fingerprint density at radius 2 is 2.38 bits per heavy atom. The minimum Gasteiger partial charge on any atom is -0.381 e. The highest BCUT2D eigenvalue weighted by atomic mass is 35.5. The Bertz CT molecular complexity index is 400. The van der Waals surface area contributed by atoms with Crippen LogP contribution in [-0.2, 0) is 16.0 Å². The fourth-order valence-corrected chi connectivity index (χ4v) is 1.99. The molecule has 1 aliphatic heterocycles. The van der Waals surface area contributed by atoms with Crippen LogP contribution < -0.4 is 0 Å². The van der Waals surface area contributed by atoms with Gasteiger partial charge in [0.05, 0.1) is 6.61 Å². The number of carbonyl (C=O) groups is 1. The predicted octanol–water partition coefficient (Wildman–Crippen LogP) is 2.63. The Labute approximate surface area is 98.4 Å². The number of ketones is 1. The summed E-state index contributed by atoms with van der Waals surface area (Å²) in [6.45, 7) is 1.08. The molecule has 1 heterocycles. The van der Waals surface area contributed by atoms with Crippen LogP contribution in [0.2, 0.25) is 5.02 Å². The molecule has 0 spiro atoms. The Morgan fingerprint density at radius 1 is 1.56 bits per heavy atom. The number of ether oxygens (including phenoxy) is 1. The van der Waals surface area contributed by atoms with E-state index in [9.17, 15) is 9.18 Å². The van der Waals surface area contributed by atoms with Crippen molar-refractivity contribution >= 4 is 17.4 Å². The number of halogens is 2. The Balaban J connectivity index is 2.07. The van der Waals surface area contributed by atoms with Gasteiger partial charge in [-0.2, -0.15) is 0 Å². The number of benzene rings is 1. The van der Waals surface area contributed by atoms with Gasteiger partial charge in [-0.1, -0.05) is 11.6 Å². The maximum atomic E-state index is 13.4. The normalized spacial score (nSPS) is 20.0. The first-order valence-electron chi connectivity index (χ1n) is 5.21. The molecule has 2 nitrogen and oxygen atoms in total. The molecule has 0 N–H and O–H groups in total. The lowest BCUT2D eigenvalue weighted by atomic mass is 9.97. The third-order valence-electron chi connectivity index (χ3n) is 2.76. The second-order valence-electron chi connectivity index (χ2n) is 3.94. The van der Waals surface area contributed by atoms with Crippen LogP contribution in [0.15, 0.2) is 18.2 Å². The Morgan fingerprint density at radius 3 is 3.06 bits per heavy atom. The Kier molecular flexibility index (Phi) is 3.56.